The zero-order valence-electron chi connectivity index (χ0n) is 9.34. The van der Waals surface area contributed by atoms with E-state index in [4.69, 9.17) is 14.6 Å². The van der Waals surface area contributed by atoms with Crippen molar-refractivity contribution < 1.29 is 24.2 Å². The second-order valence-corrected chi connectivity index (χ2v) is 4.49. The van der Waals surface area contributed by atoms with Crippen LogP contribution in [0.4, 0.5) is 5.69 Å². The largest absolute Gasteiger partial charge is 0.481 e. The summed E-state index contributed by atoms with van der Waals surface area (Å²) in [5.41, 5.74) is 0.597. The topological polar surface area (TPSA) is 84.9 Å². The zero-order valence-corrected chi connectivity index (χ0v) is 10.2. The molecular weight excluding hydrogens is 258 g/mol. The normalized spacial score (nSPS) is 12.2. The van der Waals surface area contributed by atoms with Gasteiger partial charge in [-0.05, 0) is 12.1 Å². The van der Waals surface area contributed by atoms with Crippen molar-refractivity contribution in [2.45, 2.75) is 0 Å². The molecule has 0 saturated heterocycles. The number of carboxylic acid groups (broad SMARTS) is 1. The fourth-order valence-corrected chi connectivity index (χ4v) is 1.94. The van der Waals surface area contributed by atoms with E-state index in [2.05, 4.69) is 5.32 Å². The third kappa shape index (κ3) is 3.30. The Labute approximate surface area is 107 Å². The van der Waals surface area contributed by atoms with Crippen molar-refractivity contribution in [3.63, 3.8) is 0 Å². The molecule has 0 aliphatic carbocycles. The highest BCUT2D eigenvalue weighted by Crippen LogP contribution is 2.34. The lowest BCUT2D eigenvalue weighted by molar-refractivity contribution is -0.133. The van der Waals surface area contributed by atoms with Gasteiger partial charge in [-0.25, -0.2) is 0 Å². The van der Waals surface area contributed by atoms with E-state index >= 15 is 0 Å². The van der Waals surface area contributed by atoms with E-state index in [0.29, 0.717) is 17.2 Å². The summed E-state index contributed by atoms with van der Waals surface area (Å²) in [6.07, 6.45) is 0. The Hall–Kier alpha value is -1.89. The number of hydrogen-bond donors (Lipinski definition) is 2. The van der Waals surface area contributed by atoms with E-state index in [0.717, 1.165) is 11.8 Å². The van der Waals surface area contributed by atoms with Crippen LogP contribution in [0.1, 0.15) is 0 Å². The molecule has 2 N–H and O–H groups in total. The minimum absolute atomic E-state index is 0.0887. The van der Waals surface area contributed by atoms with Gasteiger partial charge in [-0.15, -0.1) is 11.8 Å². The fraction of sp³-hybridized carbons (Fsp3) is 0.273. The minimum atomic E-state index is -0.934. The Morgan fingerprint density at radius 1 is 1.28 bits per heavy atom. The van der Waals surface area contributed by atoms with Crippen molar-refractivity contribution in [3.8, 4) is 11.5 Å². The van der Waals surface area contributed by atoms with Crippen molar-refractivity contribution in [1.29, 1.82) is 0 Å². The van der Waals surface area contributed by atoms with E-state index in [-0.39, 0.29) is 24.2 Å². The maximum Gasteiger partial charge on any atom is 0.313 e. The molecule has 0 bridgehead atoms. The molecule has 0 fully saturated rings. The van der Waals surface area contributed by atoms with Gasteiger partial charge in [-0.1, -0.05) is 0 Å². The van der Waals surface area contributed by atoms with E-state index in [1.807, 2.05) is 0 Å². The van der Waals surface area contributed by atoms with Crippen LogP contribution < -0.4 is 14.8 Å². The van der Waals surface area contributed by atoms with Gasteiger partial charge in [0.05, 0.1) is 11.5 Å². The number of amides is 1. The van der Waals surface area contributed by atoms with Crippen molar-refractivity contribution >= 4 is 29.3 Å². The second kappa shape index (κ2) is 5.63. The molecule has 0 radical (unpaired) electrons. The molecule has 96 valence electrons. The lowest BCUT2D eigenvalue weighted by Gasteiger charge is -2.05. The maximum absolute atomic E-state index is 11.5. The van der Waals surface area contributed by atoms with Gasteiger partial charge >= 0.3 is 5.97 Å². The number of nitrogens with one attached hydrogen (secondary N) is 1. The molecule has 0 atom stereocenters. The molecule has 1 aromatic rings. The Bertz CT molecular complexity index is 477. The van der Waals surface area contributed by atoms with Crippen LogP contribution in [-0.4, -0.2) is 35.3 Å². The van der Waals surface area contributed by atoms with E-state index in [1.54, 1.807) is 18.2 Å². The first-order chi connectivity index (χ1) is 8.65. The molecule has 18 heavy (non-hydrogen) atoms. The lowest BCUT2D eigenvalue weighted by atomic mass is 10.3. The number of aliphatic carboxylic acids is 1. The van der Waals surface area contributed by atoms with Crippen LogP contribution in [0.2, 0.25) is 0 Å². The number of rotatable bonds is 5. The molecule has 1 aromatic carbocycles. The molecule has 1 aliphatic heterocycles. The standard InChI is InChI=1S/C11H11NO5S/c13-10(4-18-5-11(14)15)12-7-1-2-8-9(3-7)17-6-16-8/h1-3H,4-6H2,(H,12,13)(H,14,15). The summed E-state index contributed by atoms with van der Waals surface area (Å²) in [6, 6.07) is 5.08. The first kappa shape index (κ1) is 12.6. The quantitative estimate of drug-likeness (QED) is 0.834. The molecule has 1 amide bonds. The molecule has 0 unspecified atom stereocenters. The van der Waals surface area contributed by atoms with Crippen molar-refractivity contribution in [3.05, 3.63) is 18.2 Å². The zero-order chi connectivity index (χ0) is 13.0. The summed E-state index contributed by atoms with van der Waals surface area (Å²) < 4.78 is 10.3. The predicted molar refractivity (Wildman–Crippen MR) is 66.2 cm³/mol. The number of anilines is 1. The van der Waals surface area contributed by atoms with E-state index < -0.39 is 5.97 Å². The highest BCUT2D eigenvalue weighted by atomic mass is 32.2. The molecule has 0 saturated carbocycles. The third-order valence-electron chi connectivity index (χ3n) is 2.12. The van der Waals surface area contributed by atoms with Gasteiger partial charge in [0.15, 0.2) is 11.5 Å². The minimum Gasteiger partial charge on any atom is -0.481 e. The molecule has 1 heterocycles. The lowest BCUT2D eigenvalue weighted by Crippen LogP contribution is -2.15. The fourth-order valence-electron chi connectivity index (χ4n) is 1.40. The summed E-state index contributed by atoms with van der Waals surface area (Å²) in [5, 5.41) is 11.1. The van der Waals surface area contributed by atoms with Crippen molar-refractivity contribution in [1.82, 2.24) is 0 Å². The number of thioether (sulfide) groups is 1. The average Bonchev–Trinajstić information content (AvgIpc) is 2.75. The van der Waals surface area contributed by atoms with Crippen LogP contribution in [0.3, 0.4) is 0 Å². The summed E-state index contributed by atoms with van der Waals surface area (Å²) in [4.78, 5) is 21.8. The molecule has 6 nitrogen and oxygen atoms in total. The van der Waals surface area contributed by atoms with Crippen LogP contribution in [0.25, 0.3) is 0 Å². The van der Waals surface area contributed by atoms with Crippen LogP contribution >= 0.6 is 11.8 Å². The van der Waals surface area contributed by atoms with Crippen LogP contribution in [0.15, 0.2) is 18.2 Å². The summed E-state index contributed by atoms with van der Waals surface area (Å²) in [7, 11) is 0. The summed E-state index contributed by atoms with van der Waals surface area (Å²) >= 11 is 1.05. The smallest absolute Gasteiger partial charge is 0.313 e. The van der Waals surface area contributed by atoms with E-state index in [9.17, 15) is 9.59 Å². The number of hydrogen-bond acceptors (Lipinski definition) is 5. The number of carboxylic acids is 1. The number of benzene rings is 1. The monoisotopic (exact) mass is 269 g/mol. The molecule has 2 rings (SSSR count). The SMILES string of the molecule is O=C(O)CSCC(=O)Nc1ccc2c(c1)OCO2. The first-order valence-electron chi connectivity index (χ1n) is 5.14. The first-order valence-corrected chi connectivity index (χ1v) is 6.29. The Kier molecular flexibility index (Phi) is 3.93. The van der Waals surface area contributed by atoms with Gasteiger partial charge in [-0.2, -0.15) is 0 Å². The Morgan fingerprint density at radius 2 is 2.06 bits per heavy atom. The van der Waals surface area contributed by atoms with Gasteiger partial charge in [0.25, 0.3) is 0 Å². The molecule has 1 aliphatic rings. The summed E-state index contributed by atoms with van der Waals surface area (Å²) in [5.74, 6) is 0.0604. The van der Waals surface area contributed by atoms with Gasteiger partial charge in [0.2, 0.25) is 12.7 Å². The van der Waals surface area contributed by atoms with Crippen molar-refractivity contribution in [2.24, 2.45) is 0 Å². The maximum atomic E-state index is 11.5. The summed E-state index contributed by atoms with van der Waals surface area (Å²) in [6.45, 7) is 0.182. The number of carbonyl (C=O) groups is 2. The van der Waals surface area contributed by atoms with E-state index in [1.165, 1.54) is 0 Å². The second-order valence-electron chi connectivity index (χ2n) is 3.50. The molecular formula is C11H11NO5S. The molecule has 7 heteroatoms. The van der Waals surface area contributed by atoms with Crippen LogP contribution in [0.5, 0.6) is 11.5 Å². The van der Waals surface area contributed by atoms with Gasteiger partial charge in [0.1, 0.15) is 0 Å². The average molecular weight is 269 g/mol. The Balaban J connectivity index is 1.85. The molecule has 0 spiro atoms. The Morgan fingerprint density at radius 3 is 2.83 bits per heavy atom. The van der Waals surface area contributed by atoms with Gasteiger partial charge < -0.3 is 19.9 Å². The predicted octanol–water partition coefficient (Wildman–Crippen LogP) is 1.17. The third-order valence-corrected chi connectivity index (χ3v) is 3.03. The molecule has 0 aromatic heterocycles. The van der Waals surface area contributed by atoms with Crippen LogP contribution in [0, 0.1) is 0 Å². The van der Waals surface area contributed by atoms with Crippen molar-refractivity contribution in [2.75, 3.05) is 23.6 Å². The number of ether oxygens (including phenoxy) is 2. The number of carbonyl (C=O) groups excluding carboxylic acids is 1. The van der Waals surface area contributed by atoms with Crippen LogP contribution in [-0.2, 0) is 9.59 Å². The highest BCUT2D eigenvalue weighted by molar-refractivity contribution is 8.00. The van der Waals surface area contributed by atoms with Gasteiger partial charge in [0, 0.05) is 11.8 Å². The highest BCUT2D eigenvalue weighted by Gasteiger charge is 2.14. The van der Waals surface area contributed by atoms with Gasteiger partial charge in [-0.3, -0.25) is 9.59 Å². The number of fused-ring (bicyclic) bond motifs is 1.